The van der Waals surface area contributed by atoms with Crippen molar-refractivity contribution in [2.45, 2.75) is 51.2 Å². The molecule has 4 unspecified atom stereocenters. The number of amides is 1. The molecule has 0 spiro atoms. The molecular formula is C27H32N2O7. The Kier molecular flexibility index (Phi) is 6.34. The molecule has 9 heteroatoms. The number of allylic oxidation sites excluding steroid dienone is 1. The molecule has 192 valence electrons. The number of carbonyl (C=O) groups excluding carboxylic acids is 3. The largest absolute Gasteiger partial charge is 0.508 e. The maximum absolute atomic E-state index is 13.9. The minimum absolute atomic E-state index is 0.0781. The van der Waals surface area contributed by atoms with E-state index in [9.17, 15) is 34.8 Å². The van der Waals surface area contributed by atoms with Gasteiger partial charge in [0.25, 0.3) is 5.91 Å². The number of hydrogen-bond donors (Lipinski definition) is 5. The molecule has 0 heterocycles. The van der Waals surface area contributed by atoms with E-state index in [2.05, 4.69) is 0 Å². The normalized spacial score (nSPS) is 28.0. The van der Waals surface area contributed by atoms with E-state index in [0.717, 1.165) is 12.0 Å². The van der Waals surface area contributed by atoms with Crippen LogP contribution in [0.4, 0.5) is 0 Å². The number of hydrogen-bond acceptors (Lipinski definition) is 8. The number of Topliss-reactive ketones (excluding diaryl/α,β-unsaturated/α-hetero) is 2. The standard InChI is InChI=1S/C27H32N2O7/c1-5-7-12-9-13(8-6-2)21(30)18-15(12)10-14-11-16-20(29(3)4)23(32)19(26(28)35)25(34)27(16,36)24(33)17(14)22(18)31/h6,8-9,14,16,20,30-31,34,36H,5,7,10-11H2,1-4H3,(H2,28,35)/b8-6+. The molecule has 0 bridgehead atoms. The van der Waals surface area contributed by atoms with Crippen LogP contribution >= 0.6 is 0 Å². The van der Waals surface area contributed by atoms with Gasteiger partial charge in [-0.3, -0.25) is 19.3 Å². The van der Waals surface area contributed by atoms with Crippen molar-refractivity contribution in [3.63, 3.8) is 0 Å². The number of nitrogens with two attached hydrogens (primary N) is 1. The molecule has 4 atom stereocenters. The first-order chi connectivity index (χ1) is 16.9. The molecule has 4 rings (SSSR count). The maximum Gasteiger partial charge on any atom is 0.255 e. The lowest BCUT2D eigenvalue weighted by Gasteiger charge is -2.50. The Balaban J connectivity index is 2.00. The zero-order valence-electron chi connectivity index (χ0n) is 20.8. The minimum Gasteiger partial charge on any atom is -0.508 e. The van der Waals surface area contributed by atoms with Crippen LogP contribution in [0.2, 0.25) is 0 Å². The predicted octanol–water partition coefficient (Wildman–Crippen LogP) is 1.95. The molecule has 1 saturated carbocycles. The van der Waals surface area contributed by atoms with E-state index in [-0.39, 0.29) is 23.3 Å². The highest BCUT2D eigenvalue weighted by Gasteiger charge is 2.64. The van der Waals surface area contributed by atoms with Gasteiger partial charge in [0.15, 0.2) is 11.4 Å². The average molecular weight is 497 g/mol. The molecule has 36 heavy (non-hydrogen) atoms. The van der Waals surface area contributed by atoms with E-state index in [1.54, 1.807) is 33.2 Å². The second-order valence-electron chi connectivity index (χ2n) is 10.0. The lowest BCUT2D eigenvalue weighted by molar-refractivity contribution is -0.153. The molecule has 3 aliphatic rings. The summed E-state index contributed by atoms with van der Waals surface area (Å²) in [5.74, 6) is -6.41. The van der Waals surface area contributed by atoms with E-state index in [1.165, 1.54) is 4.90 Å². The number of phenols is 1. The maximum atomic E-state index is 13.9. The van der Waals surface area contributed by atoms with Gasteiger partial charge >= 0.3 is 0 Å². The van der Waals surface area contributed by atoms with Gasteiger partial charge in [-0.15, -0.1) is 0 Å². The van der Waals surface area contributed by atoms with Crippen molar-refractivity contribution in [1.82, 2.24) is 4.90 Å². The number of phenolic OH excluding ortho intramolecular Hbond substituents is 1. The smallest absolute Gasteiger partial charge is 0.255 e. The molecule has 1 amide bonds. The van der Waals surface area contributed by atoms with E-state index in [0.29, 0.717) is 24.0 Å². The zero-order valence-corrected chi connectivity index (χ0v) is 20.8. The minimum atomic E-state index is -2.63. The number of nitrogens with zero attached hydrogens (tertiary/aromatic N) is 1. The van der Waals surface area contributed by atoms with Crippen LogP contribution in [0.15, 0.2) is 29.0 Å². The highest BCUT2D eigenvalue weighted by molar-refractivity contribution is 6.24. The molecule has 1 aromatic carbocycles. The van der Waals surface area contributed by atoms with Crippen LogP contribution in [0.3, 0.4) is 0 Å². The number of rotatable bonds is 5. The summed E-state index contributed by atoms with van der Waals surface area (Å²) >= 11 is 0. The fourth-order valence-electron chi connectivity index (χ4n) is 6.21. The van der Waals surface area contributed by atoms with Crippen molar-refractivity contribution >= 4 is 29.3 Å². The Labute approximate surface area is 209 Å². The van der Waals surface area contributed by atoms with Crippen LogP contribution in [0, 0.1) is 11.8 Å². The number of likely N-dealkylation sites (N-methyl/N-ethyl adjacent to an activating group) is 1. The van der Waals surface area contributed by atoms with Crippen molar-refractivity contribution in [3.8, 4) is 5.75 Å². The Morgan fingerprint density at radius 3 is 2.47 bits per heavy atom. The molecule has 0 aromatic heterocycles. The summed E-state index contributed by atoms with van der Waals surface area (Å²) in [5, 5.41) is 45.0. The third-order valence-electron chi connectivity index (χ3n) is 7.71. The van der Waals surface area contributed by atoms with Crippen molar-refractivity contribution in [3.05, 3.63) is 51.3 Å². The Morgan fingerprint density at radius 1 is 1.25 bits per heavy atom. The topological polar surface area (TPSA) is 161 Å². The number of aliphatic hydroxyl groups excluding tert-OH is 2. The lowest BCUT2D eigenvalue weighted by atomic mass is 9.57. The van der Waals surface area contributed by atoms with Gasteiger partial charge in [0.05, 0.1) is 11.6 Å². The number of aliphatic hydroxyl groups is 3. The number of primary amides is 1. The highest BCUT2D eigenvalue weighted by Crippen LogP contribution is 2.53. The number of aryl methyl sites for hydroxylation is 1. The second kappa shape index (κ2) is 8.90. The fourth-order valence-corrected chi connectivity index (χ4v) is 6.21. The molecule has 3 aliphatic carbocycles. The summed E-state index contributed by atoms with van der Waals surface area (Å²) < 4.78 is 0. The van der Waals surface area contributed by atoms with E-state index in [1.807, 2.05) is 13.0 Å². The van der Waals surface area contributed by atoms with Crippen LogP contribution in [0.5, 0.6) is 5.75 Å². The third kappa shape index (κ3) is 3.41. The number of aromatic hydroxyl groups is 1. The number of ketones is 2. The van der Waals surface area contributed by atoms with Crippen molar-refractivity contribution < 1.29 is 34.8 Å². The van der Waals surface area contributed by atoms with Crippen LogP contribution in [-0.2, 0) is 27.2 Å². The van der Waals surface area contributed by atoms with Gasteiger partial charge in [-0.05, 0) is 63.4 Å². The molecule has 1 fully saturated rings. The molecule has 6 N–H and O–H groups in total. The highest BCUT2D eigenvalue weighted by atomic mass is 16.3. The van der Waals surface area contributed by atoms with Crippen molar-refractivity contribution in [2.75, 3.05) is 14.1 Å². The van der Waals surface area contributed by atoms with Gasteiger partial charge in [0.2, 0.25) is 5.78 Å². The van der Waals surface area contributed by atoms with Crippen LogP contribution in [0.1, 0.15) is 48.9 Å². The molecule has 0 aliphatic heterocycles. The van der Waals surface area contributed by atoms with Crippen LogP contribution in [0.25, 0.3) is 11.8 Å². The predicted molar refractivity (Wildman–Crippen MR) is 133 cm³/mol. The molecule has 0 radical (unpaired) electrons. The Bertz CT molecular complexity index is 1270. The summed E-state index contributed by atoms with van der Waals surface area (Å²) in [4.78, 5) is 40.6. The zero-order chi connectivity index (χ0) is 26.7. The van der Waals surface area contributed by atoms with Gasteiger partial charge in [-0.2, -0.15) is 0 Å². The number of carbonyl (C=O) groups is 3. The summed E-state index contributed by atoms with van der Waals surface area (Å²) in [6.45, 7) is 3.81. The fraction of sp³-hybridized carbons (Fsp3) is 0.444. The van der Waals surface area contributed by atoms with E-state index in [4.69, 9.17) is 5.73 Å². The van der Waals surface area contributed by atoms with Crippen molar-refractivity contribution in [2.24, 2.45) is 17.6 Å². The van der Waals surface area contributed by atoms with Crippen LogP contribution in [-0.4, -0.2) is 68.5 Å². The lowest BCUT2D eigenvalue weighted by Crippen LogP contribution is -2.65. The van der Waals surface area contributed by atoms with Gasteiger partial charge in [-0.1, -0.05) is 25.5 Å². The Hall–Kier alpha value is -3.43. The van der Waals surface area contributed by atoms with Gasteiger partial charge in [0.1, 0.15) is 22.8 Å². The molecule has 1 aromatic rings. The summed E-state index contributed by atoms with van der Waals surface area (Å²) in [6, 6.07) is 0.778. The second-order valence-corrected chi connectivity index (χ2v) is 10.0. The summed E-state index contributed by atoms with van der Waals surface area (Å²) in [5.41, 5.74) is 4.02. The first-order valence-electron chi connectivity index (χ1n) is 12.1. The summed E-state index contributed by atoms with van der Waals surface area (Å²) in [7, 11) is 3.15. The average Bonchev–Trinajstić information content (AvgIpc) is 2.79. The van der Waals surface area contributed by atoms with Crippen LogP contribution < -0.4 is 5.73 Å². The monoisotopic (exact) mass is 496 g/mol. The SMILES string of the molecule is C/C=C/c1cc(CCC)c2c(c1O)C(O)=C1C(=O)C3(O)C(O)=C(C(N)=O)C(=O)C(N(C)C)C3CC1C2. The van der Waals surface area contributed by atoms with Gasteiger partial charge in [0, 0.05) is 17.1 Å². The molecular weight excluding hydrogens is 464 g/mol. The van der Waals surface area contributed by atoms with E-state index < -0.39 is 58.0 Å². The number of fused-ring (bicyclic) bond motifs is 3. The molecule has 9 nitrogen and oxygen atoms in total. The Morgan fingerprint density at radius 2 is 1.92 bits per heavy atom. The van der Waals surface area contributed by atoms with Gasteiger partial charge < -0.3 is 26.2 Å². The quantitative estimate of drug-likeness (QED) is 0.387. The van der Waals surface area contributed by atoms with E-state index >= 15 is 0 Å². The van der Waals surface area contributed by atoms with Crippen molar-refractivity contribution in [1.29, 1.82) is 0 Å². The third-order valence-corrected chi connectivity index (χ3v) is 7.71. The first kappa shape index (κ1) is 25.7. The first-order valence-corrected chi connectivity index (χ1v) is 12.1. The summed E-state index contributed by atoms with van der Waals surface area (Å²) in [6.07, 6.45) is 5.34. The molecule has 0 saturated heterocycles. The number of benzene rings is 1. The van der Waals surface area contributed by atoms with Gasteiger partial charge in [-0.25, -0.2) is 0 Å².